The lowest BCUT2D eigenvalue weighted by atomic mass is 9.74. The first-order chi connectivity index (χ1) is 28.9. The predicted molar refractivity (Wildman–Crippen MR) is 235 cm³/mol. The molecule has 0 amide bonds. The summed E-state index contributed by atoms with van der Waals surface area (Å²) in [6.45, 7) is 9.30. The Kier molecular flexibility index (Phi) is 9.71. The van der Waals surface area contributed by atoms with Crippen LogP contribution in [0.1, 0.15) is 67.9 Å². The minimum absolute atomic E-state index is 0.163. The number of unbranched alkanes of at least 4 members (excludes halogenated alkanes) is 1. The first kappa shape index (κ1) is 37.7. The zero-order valence-electron chi connectivity index (χ0n) is 34.3. The van der Waals surface area contributed by atoms with Crippen molar-refractivity contribution in [2.75, 3.05) is 45.1 Å². The number of anilines is 1. The molecular formula is C52H51NO6. The maximum Gasteiger partial charge on any atom is 0.231 e. The maximum atomic E-state index is 7.79. The first-order valence-electron chi connectivity index (χ1n) is 21.1. The molecule has 0 saturated carbocycles. The largest absolute Gasteiger partial charge is 0.472 e. The highest BCUT2D eigenvalue weighted by molar-refractivity contribution is 6.10. The summed E-state index contributed by atoms with van der Waals surface area (Å²) in [5.41, 5.74) is 9.31. The van der Waals surface area contributed by atoms with Gasteiger partial charge in [-0.15, -0.1) is 0 Å². The molecule has 0 radical (unpaired) electrons. The molecule has 3 aliphatic heterocycles. The fraction of sp³-hybridized carbons (Fsp3) is 0.308. The van der Waals surface area contributed by atoms with E-state index in [-0.39, 0.29) is 19.0 Å². The average molecular weight is 786 g/mol. The lowest BCUT2D eigenvalue weighted by molar-refractivity contribution is -0.0461. The van der Waals surface area contributed by atoms with Gasteiger partial charge in [-0.3, -0.25) is 0 Å². The van der Waals surface area contributed by atoms with E-state index in [2.05, 4.69) is 153 Å². The van der Waals surface area contributed by atoms with Crippen molar-refractivity contribution in [3.8, 4) is 39.5 Å². The zero-order chi connectivity index (χ0) is 40.1. The number of hydrogen-bond acceptors (Lipinski definition) is 7. The number of methoxy groups -OCH3 is 1. The third-order valence-electron chi connectivity index (χ3n) is 12.6. The summed E-state index contributed by atoms with van der Waals surface area (Å²) in [6.07, 6.45) is 7.64. The molecule has 1 saturated heterocycles. The monoisotopic (exact) mass is 785 g/mol. The molecule has 7 heteroatoms. The Morgan fingerprint density at radius 1 is 0.729 bits per heavy atom. The molecule has 3 heterocycles. The van der Waals surface area contributed by atoms with Gasteiger partial charge in [0.2, 0.25) is 6.79 Å². The van der Waals surface area contributed by atoms with Crippen molar-refractivity contribution in [2.24, 2.45) is 0 Å². The van der Waals surface area contributed by atoms with Crippen molar-refractivity contribution in [3.05, 3.63) is 149 Å². The Bertz CT molecular complexity index is 2540. The topological polar surface area (TPSA) is 58.6 Å². The molecule has 0 spiro atoms. The number of nitrogens with zero attached hydrogens (tertiary/aromatic N) is 1. The Morgan fingerprint density at radius 3 is 2.12 bits per heavy atom. The zero-order valence-corrected chi connectivity index (χ0v) is 34.3. The minimum Gasteiger partial charge on any atom is -0.472 e. The van der Waals surface area contributed by atoms with E-state index in [4.69, 9.17) is 28.4 Å². The molecule has 6 aromatic carbocycles. The number of benzene rings is 6. The molecule has 0 bridgehead atoms. The maximum absolute atomic E-state index is 7.79. The highest BCUT2D eigenvalue weighted by Gasteiger charge is 2.47. The number of ether oxygens (including phenoxy) is 6. The highest BCUT2D eigenvalue weighted by atomic mass is 16.7. The van der Waals surface area contributed by atoms with Crippen LogP contribution < -0.4 is 19.1 Å². The predicted octanol–water partition coefficient (Wildman–Crippen LogP) is 11.3. The lowest BCUT2D eigenvalue weighted by Crippen LogP contribution is -2.45. The van der Waals surface area contributed by atoms with Crippen LogP contribution in [0, 0.1) is 0 Å². The van der Waals surface area contributed by atoms with E-state index in [0.29, 0.717) is 19.0 Å². The quantitative estimate of drug-likeness (QED) is 0.128. The number of morpholine rings is 1. The van der Waals surface area contributed by atoms with E-state index < -0.39 is 11.2 Å². The van der Waals surface area contributed by atoms with Gasteiger partial charge < -0.3 is 33.3 Å². The smallest absolute Gasteiger partial charge is 0.231 e. The van der Waals surface area contributed by atoms with Crippen LogP contribution in [0.15, 0.2) is 121 Å². The molecule has 7 nitrogen and oxygen atoms in total. The standard InChI is InChI=1S/C52H51NO6/c1-5-6-25-52(57-28-27-54-4)45-19-13-12-17-40(45)39-16-10-11-18-41(39)48-43-29-46-47(56-33-55-46)30-44(43)50-42(49(48)52)24-26-51(59-50,36-14-8-7-9-15-36)37-20-22-38(23-21-37)53-31-34(2)58-35(3)32-53/h7-24,26,29-30,34-35H,5-6,25,27-28,31-33H2,1-4H3. The van der Waals surface area contributed by atoms with Crippen LogP contribution in [-0.4, -0.2) is 52.4 Å². The van der Waals surface area contributed by atoms with Crippen LogP contribution >= 0.6 is 0 Å². The molecule has 300 valence electrons. The van der Waals surface area contributed by atoms with E-state index in [1.165, 1.54) is 16.8 Å². The third kappa shape index (κ3) is 6.21. The van der Waals surface area contributed by atoms with Crippen molar-refractivity contribution < 1.29 is 28.4 Å². The Hall–Kier alpha value is -5.60. The van der Waals surface area contributed by atoms with Gasteiger partial charge in [-0.05, 0) is 83.8 Å². The van der Waals surface area contributed by atoms with Crippen molar-refractivity contribution in [3.63, 3.8) is 0 Å². The first-order valence-corrected chi connectivity index (χ1v) is 21.1. The van der Waals surface area contributed by atoms with Crippen molar-refractivity contribution >= 4 is 22.5 Å². The number of fused-ring (bicyclic) bond motifs is 11. The van der Waals surface area contributed by atoms with Gasteiger partial charge in [-0.25, -0.2) is 0 Å². The Morgan fingerprint density at radius 2 is 1.39 bits per heavy atom. The lowest BCUT2D eigenvalue weighted by Gasteiger charge is -2.42. The van der Waals surface area contributed by atoms with Crippen LogP contribution in [0.2, 0.25) is 0 Å². The summed E-state index contributed by atoms with van der Waals surface area (Å²) in [6, 6.07) is 41.4. The van der Waals surface area contributed by atoms with Gasteiger partial charge in [0, 0.05) is 53.5 Å². The van der Waals surface area contributed by atoms with Gasteiger partial charge in [0.25, 0.3) is 0 Å². The average Bonchev–Trinajstić information content (AvgIpc) is 3.71. The summed E-state index contributed by atoms with van der Waals surface area (Å²) in [7, 11) is 1.74. The van der Waals surface area contributed by atoms with Crippen LogP contribution in [0.4, 0.5) is 5.69 Å². The van der Waals surface area contributed by atoms with Gasteiger partial charge in [0.1, 0.15) is 11.4 Å². The molecule has 0 aromatic heterocycles. The molecule has 59 heavy (non-hydrogen) atoms. The molecule has 4 aliphatic rings. The summed E-state index contributed by atoms with van der Waals surface area (Å²) in [5, 5.41) is 1.99. The molecule has 6 aromatic rings. The van der Waals surface area contributed by atoms with Gasteiger partial charge in [0.05, 0.1) is 25.4 Å². The minimum atomic E-state index is -0.945. The number of hydrogen-bond donors (Lipinski definition) is 0. The van der Waals surface area contributed by atoms with Crippen LogP contribution in [-0.2, 0) is 25.4 Å². The molecule has 4 unspecified atom stereocenters. The summed E-state index contributed by atoms with van der Waals surface area (Å²) >= 11 is 0. The molecule has 10 rings (SSSR count). The van der Waals surface area contributed by atoms with Crippen molar-refractivity contribution in [2.45, 2.75) is 63.4 Å². The molecule has 0 N–H and O–H groups in total. The second-order valence-electron chi connectivity index (χ2n) is 16.4. The normalized spacial score (nSPS) is 22.5. The summed E-state index contributed by atoms with van der Waals surface area (Å²) in [5.74, 6) is 2.22. The van der Waals surface area contributed by atoms with Gasteiger partial charge >= 0.3 is 0 Å². The third-order valence-corrected chi connectivity index (χ3v) is 12.6. The molecule has 1 fully saturated rings. The van der Waals surface area contributed by atoms with Crippen molar-refractivity contribution in [1.82, 2.24) is 0 Å². The Labute approximate surface area is 347 Å². The van der Waals surface area contributed by atoms with E-state index in [9.17, 15) is 0 Å². The van der Waals surface area contributed by atoms with Gasteiger partial charge in [0.15, 0.2) is 17.1 Å². The van der Waals surface area contributed by atoms with Crippen LogP contribution in [0.25, 0.3) is 39.1 Å². The Balaban J connectivity index is 1.27. The summed E-state index contributed by atoms with van der Waals surface area (Å²) in [4.78, 5) is 2.42. The van der Waals surface area contributed by atoms with E-state index >= 15 is 0 Å². The summed E-state index contributed by atoms with van der Waals surface area (Å²) < 4.78 is 39.2. The molecule has 1 aliphatic carbocycles. The van der Waals surface area contributed by atoms with Crippen LogP contribution in [0.3, 0.4) is 0 Å². The van der Waals surface area contributed by atoms with E-state index in [0.717, 1.165) is 93.6 Å². The fourth-order valence-electron chi connectivity index (χ4n) is 10.0. The second kappa shape index (κ2) is 15.2. The van der Waals surface area contributed by atoms with Crippen LogP contribution in [0.5, 0.6) is 17.2 Å². The van der Waals surface area contributed by atoms with E-state index in [1.54, 1.807) is 7.11 Å². The van der Waals surface area contributed by atoms with Gasteiger partial charge in [-0.1, -0.05) is 117 Å². The second-order valence-corrected chi connectivity index (χ2v) is 16.4. The fourth-order valence-corrected chi connectivity index (χ4v) is 10.0. The van der Waals surface area contributed by atoms with Crippen molar-refractivity contribution in [1.29, 1.82) is 0 Å². The SMILES string of the molecule is CCCCC1(OCCOC)c2ccccc2-c2ccccc2-c2c1c1c(c3cc4c(cc23)OCO4)OC(c2ccccc2)(c2ccc(N3CC(C)OC(C)C3)cc2)C=C1. The van der Waals surface area contributed by atoms with E-state index in [1.807, 2.05) is 0 Å². The molecule has 4 atom stereocenters. The number of rotatable bonds is 10. The molecular weight excluding hydrogens is 735 g/mol. The van der Waals surface area contributed by atoms with Gasteiger partial charge in [-0.2, -0.15) is 0 Å². The highest BCUT2D eigenvalue weighted by Crippen LogP contribution is 2.60.